The monoisotopic (exact) mass is 242 g/mol. The minimum Gasteiger partial charge on any atom is -0.492 e. The quantitative estimate of drug-likeness (QED) is 0.849. The van der Waals surface area contributed by atoms with E-state index >= 15 is 0 Å². The summed E-state index contributed by atoms with van der Waals surface area (Å²) in [5.74, 6) is 0.350. The van der Waals surface area contributed by atoms with Crippen molar-refractivity contribution in [3.05, 3.63) is 23.2 Å². The van der Waals surface area contributed by atoms with E-state index < -0.39 is 6.04 Å². The highest BCUT2D eigenvalue weighted by Gasteiger charge is 2.09. The molecule has 1 aromatic rings. The number of nitrogens with two attached hydrogens (primary N) is 1. The lowest BCUT2D eigenvalue weighted by Gasteiger charge is -2.10. The van der Waals surface area contributed by atoms with Crippen molar-refractivity contribution in [2.45, 2.75) is 19.9 Å². The molecular weight excluding hydrogens is 228 g/mol. The maximum atomic E-state index is 11.3. The van der Waals surface area contributed by atoms with Crippen molar-refractivity contribution >= 4 is 23.2 Å². The van der Waals surface area contributed by atoms with Gasteiger partial charge in [-0.3, -0.25) is 4.79 Å². The second kappa shape index (κ2) is 5.72. The number of rotatable bonds is 4. The smallest absolute Gasteiger partial charge is 0.240 e. The fourth-order valence-corrected chi connectivity index (χ4v) is 1.34. The molecule has 0 aliphatic rings. The zero-order valence-electron chi connectivity index (χ0n) is 9.29. The van der Waals surface area contributed by atoms with Gasteiger partial charge in [-0.2, -0.15) is 0 Å². The molecule has 0 spiro atoms. The molecule has 3 N–H and O–H groups in total. The van der Waals surface area contributed by atoms with Crippen LogP contribution in [0.4, 0.5) is 5.69 Å². The van der Waals surface area contributed by atoms with Crippen molar-refractivity contribution in [3.8, 4) is 5.75 Å². The van der Waals surface area contributed by atoms with E-state index in [1.54, 1.807) is 25.1 Å². The average Bonchev–Trinajstić information content (AvgIpc) is 2.22. The summed E-state index contributed by atoms with van der Waals surface area (Å²) < 4.78 is 5.27. The number of carbonyl (C=O) groups is 1. The van der Waals surface area contributed by atoms with Crippen LogP contribution >= 0.6 is 11.6 Å². The van der Waals surface area contributed by atoms with Gasteiger partial charge in [0.05, 0.1) is 17.7 Å². The van der Waals surface area contributed by atoms with Crippen LogP contribution in [-0.4, -0.2) is 18.6 Å². The molecule has 1 rings (SSSR count). The predicted molar refractivity (Wildman–Crippen MR) is 64.9 cm³/mol. The van der Waals surface area contributed by atoms with E-state index in [1.807, 2.05) is 6.92 Å². The van der Waals surface area contributed by atoms with Crippen LogP contribution in [-0.2, 0) is 4.79 Å². The van der Waals surface area contributed by atoms with E-state index in [0.29, 0.717) is 23.1 Å². The molecular formula is C11H15ClN2O2. The van der Waals surface area contributed by atoms with E-state index in [-0.39, 0.29) is 5.91 Å². The van der Waals surface area contributed by atoms with Crippen LogP contribution in [0.3, 0.4) is 0 Å². The molecule has 0 fully saturated rings. The maximum Gasteiger partial charge on any atom is 0.240 e. The van der Waals surface area contributed by atoms with Crippen molar-refractivity contribution in [2.75, 3.05) is 11.9 Å². The van der Waals surface area contributed by atoms with Gasteiger partial charge >= 0.3 is 0 Å². The minimum atomic E-state index is -0.551. The molecule has 1 atom stereocenters. The van der Waals surface area contributed by atoms with Gasteiger partial charge < -0.3 is 15.8 Å². The van der Waals surface area contributed by atoms with E-state index in [4.69, 9.17) is 22.1 Å². The van der Waals surface area contributed by atoms with Crippen molar-refractivity contribution in [3.63, 3.8) is 0 Å². The average molecular weight is 243 g/mol. The SMILES string of the molecule is CCOc1ccc(NC(=O)[C@@H](C)N)cc1Cl. The number of ether oxygens (including phenoxy) is 1. The van der Waals surface area contributed by atoms with Crippen LogP contribution in [0, 0.1) is 0 Å². The lowest BCUT2D eigenvalue weighted by atomic mass is 10.2. The van der Waals surface area contributed by atoms with Gasteiger partial charge in [0.1, 0.15) is 5.75 Å². The molecule has 0 bridgehead atoms. The molecule has 0 aliphatic heterocycles. The summed E-state index contributed by atoms with van der Waals surface area (Å²) in [5, 5.41) is 3.11. The van der Waals surface area contributed by atoms with Crippen molar-refractivity contribution in [2.24, 2.45) is 5.73 Å². The topological polar surface area (TPSA) is 64.3 Å². The number of anilines is 1. The second-order valence-corrected chi connectivity index (χ2v) is 3.76. The second-order valence-electron chi connectivity index (χ2n) is 3.36. The molecule has 88 valence electrons. The summed E-state index contributed by atoms with van der Waals surface area (Å²) in [6, 6.07) is 4.51. The van der Waals surface area contributed by atoms with E-state index in [9.17, 15) is 4.79 Å². The van der Waals surface area contributed by atoms with Crippen molar-refractivity contribution in [1.29, 1.82) is 0 Å². The number of halogens is 1. The third-order valence-electron chi connectivity index (χ3n) is 1.91. The summed E-state index contributed by atoms with van der Waals surface area (Å²) in [5.41, 5.74) is 6.04. The Kier molecular flexibility index (Phi) is 4.58. The number of benzene rings is 1. The number of nitrogens with one attached hydrogen (secondary N) is 1. The molecule has 0 aliphatic carbocycles. The van der Waals surface area contributed by atoms with E-state index in [2.05, 4.69) is 5.32 Å². The Morgan fingerprint density at radius 2 is 2.31 bits per heavy atom. The standard InChI is InChI=1S/C11H15ClN2O2/c1-3-16-10-5-4-8(6-9(10)12)14-11(15)7(2)13/h4-7H,3,13H2,1-2H3,(H,14,15)/t7-/m1/s1. The summed E-state index contributed by atoms with van der Waals surface area (Å²) in [6.45, 7) is 4.04. The lowest BCUT2D eigenvalue weighted by molar-refractivity contribution is -0.117. The first-order chi connectivity index (χ1) is 7.54. The molecule has 0 unspecified atom stereocenters. The summed E-state index contributed by atoms with van der Waals surface area (Å²) in [4.78, 5) is 11.3. The van der Waals surface area contributed by atoms with E-state index in [1.165, 1.54) is 0 Å². The molecule has 16 heavy (non-hydrogen) atoms. The van der Waals surface area contributed by atoms with Gasteiger partial charge in [-0.25, -0.2) is 0 Å². The van der Waals surface area contributed by atoms with Crippen LogP contribution in [0.15, 0.2) is 18.2 Å². The number of carbonyl (C=O) groups excluding carboxylic acids is 1. The van der Waals surface area contributed by atoms with Gasteiger partial charge in [0.2, 0.25) is 5.91 Å². The third-order valence-corrected chi connectivity index (χ3v) is 2.21. The van der Waals surface area contributed by atoms with Crippen LogP contribution in [0.2, 0.25) is 5.02 Å². The Labute approximate surface area is 99.7 Å². The molecule has 0 radical (unpaired) electrons. The zero-order chi connectivity index (χ0) is 12.1. The Balaban J connectivity index is 2.77. The Bertz CT molecular complexity index is 380. The number of amides is 1. The van der Waals surface area contributed by atoms with Crippen LogP contribution in [0.1, 0.15) is 13.8 Å². The molecule has 1 amide bonds. The first-order valence-electron chi connectivity index (χ1n) is 5.03. The van der Waals surface area contributed by atoms with E-state index in [0.717, 1.165) is 0 Å². The van der Waals surface area contributed by atoms with Gasteiger partial charge in [-0.05, 0) is 32.0 Å². The first-order valence-corrected chi connectivity index (χ1v) is 5.41. The van der Waals surface area contributed by atoms with Crippen LogP contribution in [0.25, 0.3) is 0 Å². The van der Waals surface area contributed by atoms with Gasteiger partial charge in [-0.15, -0.1) is 0 Å². The van der Waals surface area contributed by atoms with Crippen molar-refractivity contribution < 1.29 is 9.53 Å². The summed E-state index contributed by atoms with van der Waals surface area (Å²) >= 11 is 5.96. The molecule has 0 saturated heterocycles. The fourth-order valence-electron chi connectivity index (χ4n) is 1.11. The van der Waals surface area contributed by atoms with Crippen LogP contribution in [0.5, 0.6) is 5.75 Å². The summed E-state index contributed by atoms with van der Waals surface area (Å²) in [7, 11) is 0. The summed E-state index contributed by atoms with van der Waals surface area (Å²) in [6.07, 6.45) is 0. The molecule has 0 heterocycles. The molecule has 0 saturated carbocycles. The van der Waals surface area contributed by atoms with Gasteiger partial charge in [0, 0.05) is 5.69 Å². The highest BCUT2D eigenvalue weighted by Crippen LogP contribution is 2.27. The molecule has 4 nitrogen and oxygen atoms in total. The molecule has 5 heteroatoms. The highest BCUT2D eigenvalue weighted by molar-refractivity contribution is 6.32. The molecule has 1 aromatic carbocycles. The lowest BCUT2D eigenvalue weighted by Crippen LogP contribution is -2.32. The first kappa shape index (κ1) is 12.8. The van der Waals surface area contributed by atoms with Crippen LogP contribution < -0.4 is 15.8 Å². The normalized spacial score (nSPS) is 12.0. The minimum absolute atomic E-state index is 0.250. The zero-order valence-corrected chi connectivity index (χ0v) is 10.0. The fraction of sp³-hybridized carbons (Fsp3) is 0.364. The largest absolute Gasteiger partial charge is 0.492 e. The number of hydrogen-bond donors (Lipinski definition) is 2. The Hall–Kier alpha value is -1.26. The third kappa shape index (κ3) is 3.40. The van der Waals surface area contributed by atoms with Gasteiger partial charge in [-0.1, -0.05) is 11.6 Å². The Morgan fingerprint density at radius 3 is 2.81 bits per heavy atom. The maximum absolute atomic E-state index is 11.3. The molecule has 0 aromatic heterocycles. The highest BCUT2D eigenvalue weighted by atomic mass is 35.5. The van der Waals surface area contributed by atoms with Gasteiger partial charge in [0.25, 0.3) is 0 Å². The number of hydrogen-bond acceptors (Lipinski definition) is 3. The predicted octanol–water partition coefficient (Wildman–Crippen LogP) is 2.02. The Morgan fingerprint density at radius 1 is 1.62 bits per heavy atom. The van der Waals surface area contributed by atoms with Gasteiger partial charge in [0.15, 0.2) is 0 Å². The van der Waals surface area contributed by atoms with Crippen molar-refractivity contribution in [1.82, 2.24) is 0 Å².